The molecule has 29 heavy (non-hydrogen) atoms. The van der Waals surface area contributed by atoms with Gasteiger partial charge in [-0.3, -0.25) is 0 Å². The highest BCUT2D eigenvalue weighted by molar-refractivity contribution is 5.92. The van der Waals surface area contributed by atoms with Gasteiger partial charge in [-0.15, -0.1) is 0 Å². The topological polar surface area (TPSA) is 108 Å². The molecule has 0 radical (unpaired) electrons. The predicted molar refractivity (Wildman–Crippen MR) is 104 cm³/mol. The maximum atomic E-state index is 11.1. The Balaban J connectivity index is 1.67. The lowest BCUT2D eigenvalue weighted by Gasteiger charge is -2.11. The Kier molecular flexibility index (Phi) is 4.90. The van der Waals surface area contributed by atoms with Crippen LogP contribution in [0, 0.1) is 0 Å². The number of aromatic carboxylic acids is 1. The summed E-state index contributed by atoms with van der Waals surface area (Å²) in [4.78, 5) is 15.5. The summed E-state index contributed by atoms with van der Waals surface area (Å²) in [5, 5.41) is 13.7. The minimum atomic E-state index is -1.12. The second-order valence-corrected chi connectivity index (χ2v) is 6.12. The number of hydrogen-bond donors (Lipinski definition) is 1. The number of benzene rings is 2. The molecule has 0 saturated carbocycles. The van der Waals surface area contributed by atoms with Crippen LogP contribution >= 0.6 is 0 Å². The normalized spacial score (nSPS) is 11.0. The Hall–Kier alpha value is -3.81. The molecule has 0 unspecified atom stereocenters. The summed E-state index contributed by atoms with van der Waals surface area (Å²) < 4.78 is 21.9. The molecule has 0 bridgehead atoms. The van der Waals surface area contributed by atoms with Gasteiger partial charge in [0, 0.05) is 16.5 Å². The summed E-state index contributed by atoms with van der Waals surface area (Å²) in [5.41, 5.74) is 1.86. The average molecular weight is 394 g/mol. The molecule has 4 aromatic rings. The smallest absolute Gasteiger partial charge is 0.371 e. The second kappa shape index (κ2) is 7.67. The Bertz CT molecular complexity index is 1180. The number of carboxylic acids is 1. The van der Waals surface area contributed by atoms with Gasteiger partial charge in [0.15, 0.2) is 11.5 Å². The number of hydrogen-bond acceptors (Lipinski definition) is 7. The molecule has 2 aromatic heterocycles. The van der Waals surface area contributed by atoms with Gasteiger partial charge in [-0.2, -0.15) is 4.98 Å². The quantitative estimate of drug-likeness (QED) is 0.483. The number of rotatable bonds is 7. The van der Waals surface area contributed by atoms with Gasteiger partial charge < -0.3 is 23.5 Å². The Morgan fingerprint density at radius 3 is 2.52 bits per heavy atom. The first kappa shape index (κ1) is 18.5. The van der Waals surface area contributed by atoms with Crippen molar-refractivity contribution < 1.29 is 28.3 Å². The number of carboxylic acid groups (broad SMARTS) is 1. The van der Waals surface area contributed by atoms with Crippen molar-refractivity contribution in [3.63, 3.8) is 0 Å². The summed E-state index contributed by atoms with van der Waals surface area (Å²) in [6, 6.07) is 12.1. The minimum absolute atomic E-state index is 0.121. The molecule has 2 heterocycles. The molecular formula is C21H18N2O6. The third-order valence-corrected chi connectivity index (χ3v) is 4.20. The van der Waals surface area contributed by atoms with Crippen LogP contribution in [0.3, 0.4) is 0 Å². The minimum Gasteiger partial charge on any atom is -0.490 e. The first-order valence-corrected chi connectivity index (χ1v) is 9.10. The van der Waals surface area contributed by atoms with Gasteiger partial charge in [0.05, 0.1) is 13.2 Å². The summed E-state index contributed by atoms with van der Waals surface area (Å²) >= 11 is 0. The number of furan rings is 1. The van der Waals surface area contributed by atoms with E-state index in [2.05, 4.69) is 10.1 Å². The molecule has 0 spiro atoms. The number of carbonyl (C=O) groups is 1. The maximum Gasteiger partial charge on any atom is 0.371 e. The highest BCUT2D eigenvalue weighted by Crippen LogP contribution is 2.33. The van der Waals surface area contributed by atoms with Crippen LogP contribution in [-0.4, -0.2) is 34.4 Å². The zero-order valence-corrected chi connectivity index (χ0v) is 15.8. The molecule has 1 N–H and O–H groups in total. The fourth-order valence-corrected chi connectivity index (χ4v) is 2.93. The van der Waals surface area contributed by atoms with E-state index in [0.717, 1.165) is 0 Å². The maximum absolute atomic E-state index is 11.1. The van der Waals surface area contributed by atoms with Crippen molar-refractivity contribution in [3.8, 4) is 34.3 Å². The van der Waals surface area contributed by atoms with Gasteiger partial charge in [0.25, 0.3) is 5.89 Å². The van der Waals surface area contributed by atoms with Crippen molar-refractivity contribution in [2.45, 2.75) is 13.8 Å². The molecule has 0 amide bonds. The molecule has 0 aliphatic rings. The van der Waals surface area contributed by atoms with Crippen molar-refractivity contribution in [3.05, 3.63) is 48.2 Å². The van der Waals surface area contributed by atoms with E-state index in [1.807, 2.05) is 19.9 Å². The molecular weight excluding hydrogens is 376 g/mol. The number of ether oxygens (including phenoxy) is 2. The monoisotopic (exact) mass is 394 g/mol. The van der Waals surface area contributed by atoms with Crippen LogP contribution in [0.1, 0.15) is 24.4 Å². The van der Waals surface area contributed by atoms with Crippen LogP contribution < -0.4 is 9.47 Å². The molecule has 8 heteroatoms. The summed E-state index contributed by atoms with van der Waals surface area (Å²) in [6.45, 7) is 4.84. The fraction of sp³-hybridized carbons (Fsp3) is 0.190. The van der Waals surface area contributed by atoms with Crippen LogP contribution in [0.2, 0.25) is 0 Å². The van der Waals surface area contributed by atoms with Crippen LogP contribution in [0.4, 0.5) is 0 Å². The van der Waals surface area contributed by atoms with Gasteiger partial charge in [-0.25, -0.2) is 4.79 Å². The molecule has 0 saturated heterocycles. The highest BCUT2D eigenvalue weighted by Gasteiger charge is 2.16. The van der Waals surface area contributed by atoms with E-state index in [-0.39, 0.29) is 5.76 Å². The average Bonchev–Trinajstić information content (AvgIpc) is 3.36. The van der Waals surface area contributed by atoms with Gasteiger partial charge >= 0.3 is 5.97 Å². The van der Waals surface area contributed by atoms with E-state index in [0.29, 0.717) is 58.5 Å². The van der Waals surface area contributed by atoms with Crippen molar-refractivity contribution in [2.24, 2.45) is 0 Å². The van der Waals surface area contributed by atoms with E-state index in [9.17, 15) is 4.79 Å². The molecule has 8 nitrogen and oxygen atoms in total. The Morgan fingerprint density at radius 1 is 1.00 bits per heavy atom. The molecule has 4 rings (SSSR count). The fourth-order valence-electron chi connectivity index (χ4n) is 2.93. The lowest BCUT2D eigenvalue weighted by atomic mass is 10.1. The summed E-state index contributed by atoms with van der Waals surface area (Å²) in [5.74, 6) is 0.730. The van der Waals surface area contributed by atoms with Crippen LogP contribution in [-0.2, 0) is 0 Å². The van der Waals surface area contributed by atoms with E-state index < -0.39 is 5.97 Å². The Labute approximate surface area is 165 Å². The SMILES string of the molecule is CCOc1ccc(-c2nc(-c3ccc4oc(C(=O)O)cc4c3)no2)cc1OCC. The van der Waals surface area contributed by atoms with Gasteiger partial charge in [-0.1, -0.05) is 5.16 Å². The largest absolute Gasteiger partial charge is 0.490 e. The van der Waals surface area contributed by atoms with Gasteiger partial charge in [-0.05, 0) is 56.3 Å². The van der Waals surface area contributed by atoms with Crippen LogP contribution in [0.25, 0.3) is 33.8 Å². The molecule has 0 aliphatic carbocycles. The lowest BCUT2D eigenvalue weighted by Crippen LogP contribution is -1.98. The molecule has 2 aromatic carbocycles. The van der Waals surface area contributed by atoms with Crippen molar-refractivity contribution in [1.82, 2.24) is 10.1 Å². The second-order valence-electron chi connectivity index (χ2n) is 6.12. The van der Waals surface area contributed by atoms with E-state index >= 15 is 0 Å². The van der Waals surface area contributed by atoms with Crippen LogP contribution in [0.15, 0.2) is 51.4 Å². The standard InChI is InChI=1S/C21H18N2O6/c1-3-26-16-8-6-13(10-17(16)27-4-2)20-22-19(23-29-20)12-5-7-15-14(9-12)11-18(28-15)21(24)25/h5-11H,3-4H2,1-2H3,(H,24,25). The van der Waals surface area contributed by atoms with Crippen molar-refractivity contribution in [2.75, 3.05) is 13.2 Å². The summed E-state index contributed by atoms with van der Waals surface area (Å²) in [7, 11) is 0. The Morgan fingerprint density at radius 2 is 1.76 bits per heavy atom. The zero-order chi connectivity index (χ0) is 20.4. The van der Waals surface area contributed by atoms with E-state index in [1.165, 1.54) is 6.07 Å². The summed E-state index contributed by atoms with van der Waals surface area (Å²) in [6.07, 6.45) is 0. The molecule has 0 atom stereocenters. The lowest BCUT2D eigenvalue weighted by molar-refractivity contribution is 0.0665. The van der Waals surface area contributed by atoms with Crippen LogP contribution in [0.5, 0.6) is 11.5 Å². The number of aromatic nitrogens is 2. The first-order valence-electron chi connectivity index (χ1n) is 9.10. The predicted octanol–water partition coefficient (Wildman–Crippen LogP) is 4.65. The van der Waals surface area contributed by atoms with Gasteiger partial charge in [0.2, 0.25) is 11.6 Å². The van der Waals surface area contributed by atoms with Gasteiger partial charge in [0.1, 0.15) is 5.58 Å². The number of fused-ring (bicyclic) bond motifs is 1. The third kappa shape index (κ3) is 3.64. The third-order valence-electron chi connectivity index (χ3n) is 4.20. The van der Waals surface area contributed by atoms with E-state index in [1.54, 1.807) is 30.3 Å². The van der Waals surface area contributed by atoms with Crippen molar-refractivity contribution in [1.29, 1.82) is 0 Å². The highest BCUT2D eigenvalue weighted by atomic mass is 16.5. The number of nitrogens with zero attached hydrogens (tertiary/aromatic N) is 2. The zero-order valence-electron chi connectivity index (χ0n) is 15.8. The molecule has 0 fully saturated rings. The molecule has 0 aliphatic heterocycles. The first-order chi connectivity index (χ1) is 14.1. The van der Waals surface area contributed by atoms with Crippen molar-refractivity contribution >= 4 is 16.9 Å². The molecule has 148 valence electrons. The van der Waals surface area contributed by atoms with E-state index in [4.69, 9.17) is 23.5 Å².